The number of benzene rings is 1. The van der Waals surface area contributed by atoms with Gasteiger partial charge in [-0.1, -0.05) is 12.1 Å². The fourth-order valence-electron chi connectivity index (χ4n) is 3.75. The molecule has 0 aliphatic heterocycles. The van der Waals surface area contributed by atoms with E-state index in [2.05, 4.69) is 15.3 Å². The minimum absolute atomic E-state index is 0.0541. The van der Waals surface area contributed by atoms with Gasteiger partial charge in [-0.15, -0.1) is 11.3 Å². The van der Waals surface area contributed by atoms with Gasteiger partial charge in [-0.3, -0.25) is 4.57 Å². The van der Waals surface area contributed by atoms with Gasteiger partial charge in [0.05, 0.1) is 13.2 Å². The smallest absolute Gasteiger partial charge is 0.395 e. The van der Waals surface area contributed by atoms with Gasteiger partial charge in [0.2, 0.25) is 5.95 Å². The lowest BCUT2D eigenvalue weighted by atomic mass is 9.62. The summed E-state index contributed by atoms with van der Waals surface area (Å²) in [4.78, 5) is 19.8. The maximum atomic E-state index is 13.2. The van der Waals surface area contributed by atoms with E-state index < -0.39 is 22.2 Å². The summed E-state index contributed by atoms with van der Waals surface area (Å²) >= 11 is 0.569. The first-order valence-corrected chi connectivity index (χ1v) is 10.2. The van der Waals surface area contributed by atoms with Crippen molar-refractivity contribution in [2.75, 3.05) is 11.9 Å². The Kier molecular flexibility index (Phi) is 5.56. The number of anilines is 1. The number of nitrogens with one attached hydrogen (secondary N) is 1. The van der Waals surface area contributed by atoms with Crippen molar-refractivity contribution in [3.63, 3.8) is 0 Å². The average Bonchev–Trinajstić information content (AvgIpc) is 3.16. The molecule has 1 aromatic carbocycles. The van der Waals surface area contributed by atoms with Gasteiger partial charge in [0.15, 0.2) is 0 Å². The highest BCUT2D eigenvalue weighted by atomic mass is 32.1. The zero-order chi connectivity index (χ0) is 22.2. The van der Waals surface area contributed by atoms with Crippen molar-refractivity contribution in [3.8, 4) is 0 Å². The van der Waals surface area contributed by atoms with Crippen molar-refractivity contribution in [1.82, 2.24) is 14.5 Å². The van der Waals surface area contributed by atoms with E-state index in [1.165, 1.54) is 24.5 Å². The predicted octanol–water partition coefficient (Wildman–Crippen LogP) is 3.41. The second-order valence-electron chi connectivity index (χ2n) is 7.55. The molecule has 4 rings (SSSR count). The molecule has 0 unspecified atom stereocenters. The van der Waals surface area contributed by atoms with Crippen LogP contribution in [-0.2, 0) is 18.1 Å². The van der Waals surface area contributed by atoms with E-state index in [9.17, 15) is 27.5 Å². The summed E-state index contributed by atoms with van der Waals surface area (Å²) in [5, 5.41) is 12.9. The Hall–Kier alpha value is -2.79. The molecule has 164 valence electrons. The highest BCUT2D eigenvalue weighted by Gasteiger charge is 2.45. The van der Waals surface area contributed by atoms with Crippen LogP contribution >= 0.6 is 11.3 Å². The molecule has 0 bridgehead atoms. The Morgan fingerprint density at radius 2 is 1.90 bits per heavy atom. The Balaban J connectivity index is 1.40. The second kappa shape index (κ2) is 8.04. The molecular weight excluding hydrogens is 436 g/mol. The first-order chi connectivity index (χ1) is 14.7. The molecule has 3 aromatic rings. The van der Waals surface area contributed by atoms with Crippen LogP contribution in [0.15, 0.2) is 47.5 Å². The minimum atomic E-state index is -4.42. The van der Waals surface area contributed by atoms with Gasteiger partial charge in [-0.2, -0.15) is 18.2 Å². The van der Waals surface area contributed by atoms with Crippen molar-refractivity contribution in [3.05, 3.63) is 74.3 Å². The largest absolute Gasteiger partial charge is 0.425 e. The van der Waals surface area contributed by atoms with Crippen LogP contribution in [0.1, 0.15) is 28.2 Å². The standard InChI is InChI=1S/C20H18F4N4O2S/c21-13-3-1-12(2-4-13)19(10-29)7-14(8-19)26-17-25-11-28(18(30)27-17)9-15-5-6-16(31-15)20(22,23)24/h1-6,11,14,29H,7-10H2,(H,26,27,30). The molecule has 0 amide bonds. The first kappa shape index (κ1) is 21.4. The van der Waals surface area contributed by atoms with E-state index >= 15 is 0 Å². The molecule has 1 aliphatic carbocycles. The minimum Gasteiger partial charge on any atom is -0.395 e. The second-order valence-corrected chi connectivity index (χ2v) is 8.72. The van der Waals surface area contributed by atoms with Crippen LogP contribution in [-0.4, -0.2) is 32.3 Å². The van der Waals surface area contributed by atoms with Crippen LogP contribution in [0, 0.1) is 5.82 Å². The summed E-state index contributed by atoms with van der Waals surface area (Å²) in [5.41, 5.74) is -0.291. The van der Waals surface area contributed by atoms with Crippen molar-refractivity contribution < 1.29 is 22.7 Å². The van der Waals surface area contributed by atoms with Crippen LogP contribution < -0.4 is 11.0 Å². The summed E-state index contributed by atoms with van der Waals surface area (Å²) in [6, 6.07) is 8.21. The normalized spacial score (nSPS) is 21.0. The van der Waals surface area contributed by atoms with Crippen LogP contribution in [0.25, 0.3) is 0 Å². The van der Waals surface area contributed by atoms with Crippen LogP contribution in [0.4, 0.5) is 23.5 Å². The molecule has 0 saturated heterocycles. The number of alkyl halides is 3. The van der Waals surface area contributed by atoms with Gasteiger partial charge in [-0.25, -0.2) is 14.2 Å². The number of rotatable bonds is 6. The third-order valence-corrected chi connectivity index (χ3v) is 6.52. The topological polar surface area (TPSA) is 80.0 Å². The molecule has 0 radical (unpaired) electrons. The monoisotopic (exact) mass is 454 g/mol. The molecule has 0 spiro atoms. The highest BCUT2D eigenvalue weighted by Crippen LogP contribution is 2.44. The fraction of sp³-hybridized carbons (Fsp3) is 0.350. The quantitative estimate of drug-likeness (QED) is 0.558. The Labute approximate surface area is 178 Å². The lowest BCUT2D eigenvalue weighted by Gasteiger charge is -2.47. The SMILES string of the molecule is O=c1nc(NC2CC(CO)(c3ccc(F)cc3)C2)ncn1Cc1ccc(C(F)(F)F)s1. The third kappa shape index (κ3) is 4.47. The summed E-state index contributed by atoms with van der Waals surface area (Å²) < 4.78 is 52.4. The number of hydrogen-bond donors (Lipinski definition) is 2. The maximum Gasteiger partial charge on any atom is 0.425 e. The van der Waals surface area contributed by atoms with Crippen molar-refractivity contribution in [2.45, 2.75) is 37.0 Å². The van der Waals surface area contributed by atoms with E-state index in [1.807, 2.05) is 0 Å². The molecule has 2 heterocycles. The summed E-state index contributed by atoms with van der Waals surface area (Å²) in [6.07, 6.45) is -2.07. The molecule has 11 heteroatoms. The number of aliphatic hydroxyl groups excluding tert-OH is 1. The van der Waals surface area contributed by atoms with E-state index in [0.717, 1.165) is 16.2 Å². The zero-order valence-corrected chi connectivity index (χ0v) is 16.9. The van der Waals surface area contributed by atoms with Gasteiger partial charge in [-0.05, 0) is 42.7 Å². The Morgan fingerprint density at radius 1 is 1.19 bits per heavy atom. The molecule has 0 atom stereocenters. The number of hydrogen-bond acceptors (Lipinski definition) is 6. The molecule has 1 aliphatic rings. The molecule has 1 saturated carbocycles. The fourth-order valence-corrected chi connectivity index (χ4v) is 4.62. The number of nitrogens with zero attached hydrogens (tertiary/aromatic N) is 3. The van der Waals surface area contributed by atoms with Crippen molar-refractivity contribution in [1.29, 1.82) is 0 Å². The number of thiophene rings is 1. The maximum absolute atomic E-state index is 13.2. The third-order valence-electron chi connectivity index (χ3n) is 5.40. The van der Waals surface area contributed by atoms with E-state index in [0.29, 0.717) is 29.1 Å². The molecule has 2 N–H and O–H groups in total. The van der Waals surface area contributed by atoms with Crippen LogP contribution in [0.2, 0.25) is 0 Å². The van der Waals surface area contributed by atoms with Gasteiger partial charge in [0.25, 0.3) is 0 Å². The van der Waals surface area contributed by atoms with Gasteiger partial charge in [0, 0.05) is 16.3 Å². The van der Waals surface area contributed by atoms with Crippen LogP contribution in [0.3, 0.4) is 0 Å². The van der Waals surface area contributed by atoms with Crippen LogP contribution in [0.5, 0.6) is 0 Å². The molecule has 1 fully saturated rings. The highest BCUT2D eigenvalue weighted by molar-refractivity contribution is 7.12. The van der Waals surface area contributed by atoms with Crippen molar-refractivity contribution in [2.24, 2.45) is 0 Å². The molecule has 6 nitrogen and oxygen atoms in total. The average molecular weight is 454 g/mol. The van der Waals surface area contributed by atoms with Gasteiger partial charge < -0.3 is 10.4 Å². The van der Waals surface area contributed by atoms with E-state index in [4.69, 9.17) is 0 Å². The van der Waals surface area contributed by atoms with E-state index in [-0.39, 0.29) is 31.0 Å². The number of halogens is 4. The number of aliphatic hydroxyl groups is 1. The number of aromatic nitrogens is 3. The Bertz CT molecular complexity index is 1120. The molecule has 31 heavy (non-hydrogen) atoms. The van der Waals surface area contributed by atoms with Gasteiger partial charge in [0.1, 0.15) is 17.0 Å². The van der Waals surface area contributed by atoms with Crippen molar-refractivity contribution >= 4 is 17.3 Å². The zero-order valence-electron chi connectivity index (χ0n) is 16.1. The molecular formula is C20H18F4N4O2S. The summed E-state index contributed by atoms with van der Waals surface area (Å²) in [7, 11) is 0. The lowest BCUT2D eigenvalue weighted by molar-refractivity contribution is -0.134. The summed E-state index contributed by atoms with van der Waals surface area (Å²) in [6.45, 7) is -0.151. The first-order valence-electron chi connectivity index (χ1n) is 9.41. The van der Waals surface area contributed by atoms with E-state index in [1.54, 1.807) is 12.1 Å². The summed E-state index contributed by atoms with van der Waals surface area (Å²) in [5.74, 6) is -0.240. The van der Waals surface area contributed by atoms with Gasteiger partial charge >= 0.3 is 11.9 Å². The molecule has 2 aromatic heterocycles. The Morgan fingerprint density at radius 3 is 2.48 bits per heavy atom. The lowest BCUT2D eigenvalue weighted by Crippen LogP contribution is -2.51. The predicted molar refractivity (Wildman–Crippen MR) is 107 cm³/mol.